The highest BCUT2D eigenvalue weighted by Gasteiger charge is 2.10. The van der Waals surface area contributed by atoms with Crippen molar-refractivity contribution in [1.29, 1.82) is 0 Å². The van der Waals surface area contributed by atoms with Crippen LogP contribution in [0.3, 0.4) is 0 Å². The summed E-state index contributed by atoms with van der Waals surface area (Å²) < 4.78 is 0. The molecule has 3 N–H and O–H groups in total. The topological polar surface area (TPSA) is 50.9 Å². The molecule has 0 radical (unpaired) electrons. The summed E-state index contributed by atoms with van der Waals surface area (Å²) >= 11 is 0. The second kappa shape index (κ2) is 5.71. The number of anilines is 1. The first-order valence-electron chi connectivity index (χ1n) is 5.49. The minimum atomic E-state index is 0.483. The van der Waals surface area contributed by atoms with Crippen LogP contribution < -0.4 is 11.1 Å². The Balaban J connectivity index is 2.62. The van der Waals surface area contributed by atoms with Gasteiger partial charge in [-0.15, -0.1) is 0 Å². The summed E-state index contributed by atoms with van der Waals surface area (Å²) in [5.74, 6) is 0.695. The number of hydrogen-bond donors (Lipinski definition) is 2. The van der Waals surface area contributed by atoms with Crippen molar-refractivity contribution in [3.8, 4) is 0 Å². The summed E-state index contributed by atoms with van der Waals surface area (Å²) in [7, 11) is 2.00. The molecule has 0 amide bonds. The number of likely N-dealkylation sites (N-methyl/N-ethyl adjacent to an activating group) is 1. The smallest absolute Gasteiger partial charge is 0.0378 e. The van der Waals surface area contributed by atoms with Crippen LogP contribution in [0.1, 0.15) is 25.8 Å². The molecular weight excluding hydrogens is 186 g/mol. The van der Waals surface area contributed by atoms with Crippen molar-refractivity contribution in [3.05, 3.63) is 24.0 Å². The standard InChI is InChI=1S/C12H21N3/c1-9(2)6-11(14-3)7-10-8-15-5-4-12(10)13/h4-5,8-9,11,14H,6-7H2,1-3H3,(H2,13,15). The number of nitrogens with zero attached hydrogens (tertiary/aromatic N) is 1. The molecule has 0 saturated heterocycles. The summed E-state index contributed by atoms with van der Waals surface area (Å²) in [6.45, 7) is 4.47. The van der Waals surface area contributed by atoms with Gasteiger partial charge in [-0.2, -0.15) is 0 Å². The summed E-state index contributed by atoms with van der Waals surface area (Å²) in [6.07, 6.45) is 5.70. The lowest BCUT2D eigenvalue weighted by atomic mass is 9.97. The minimum absolute atomic E-state index is 0.483. The van der Waals surface area contributed by atoms with Crippen molar-refractivity contribution in [2.45, 2.75) is 32.7 Å². The molecule has 0 bridgehead atoms. The maximum absolute atomic E-state index is 5.89. The fraction of sp³-hybridized carbons (Fsp3) is 0.583. The predicted molar refractivity (Wildman–Crippen MR) is 64.7 cm³/mol. The predicted octanol–water partition coefficient (Wildman–Crippen LogP) is 1.84. The number of nitrogens with one attached hydrogen (secondary N) is 1. The average molecular weight is 207 g/mol. The summed E-state index contributed by atoms with van der Waals surface area (Å²) in [6, 6.07) is 2.34. The first-order valence-corrected chi connectivity index (χ1v) is 5.49. The van der Waals surface area contributed by atoms with Gasteiger partial charge < -0.3 is 11.1 Å². The second-order valence-corrected chi connectivity index (χ2v) is 4.39. The third-order valence-corrected chi connectivity index (χ3v) is 2.57. The molecule has 0 saturated carbocycles. The Morgan fingerprint density at radius 1 is 1.47 bits per heavy atom. The van der Waals surface area contributed by atoms with E-state index in [0.29, 0.717) is 12.0 Å². The molecular formula is C12H21N3. The Morgan fingerprint density at radius 2 is 2.20 bits per heavy atom. The van der Waals surface area contributed by atoms with Crippen LogP contribution in [0.4, 0.5) is 5.69 Å². The number of rotatable bonds is 5. The Hall–Kier alpha value is -1.09. The monoisotopic (exact) mass is 207 g/mol. The molecule has 0 aromatic carbocycles. The summed E-state index contributed by atoms with van der Waals surface area (Å²) in [5, 5.41) is 3.33. The molecule has 1 aromatic rings. The van der Waals surface area contributed by atoms with Crippen LogP contribution in [0, 0.1) is 5.92 Å². The number of hydrogen-bond acceptors (Lipinski definition) is 3. The fourth-order valence-corrected chi connectivity index (χ4v) is 1.75. The molecule has 3 nitrogen and oxygen atoms in total. The molecule has 15 heavy (non-hydrogen) atoms. The lowest BCUT2D eigenvalue weighted by Gasteiger charge is -2.18. The van der Waals surface area contributed by atoms with E-state index >= 15 is 0 Å². The minimum Gasteiger partial charge on any atom is -0.398 e. The molecule has 1 heterocycles. The van der Waals surface area contributed by atoms with E-state index in [1.807, 2.05) is 19.3 Å². The lowest BCUT2D eigenvalue weighted by Crippen LogP contribution is -2.29. The quantitative estimate of drug-likeness (QED) is 0.774. The fourth-order valence-electron chi connectivity index (χ4n) is 1.75. The molecule has 1 atom stereocenters. The first-order chi connectivity index (χ1) is 7.13. The third-order valence-electron chi connectivity index (χ3n) is 2.57. The van der Waals surface area contributed by atoms with E-state index in [-0.39, 0.29) is 0 Å². The first kappa shape index (κ1) is 12.0. The van der Waals surface area contributed by atoms with Crippen LogP contribution >= 0.6 is 0 Å². The number of nitrogens with two attached hydrogens (primary N) is 1. The van der Waals surface area contributed by atoms with Gasteiger partial charge in [-0.3, -0.25) is 4.98 Å². The van der Waals surface area contributed by atoms with E-state index in [0.717, 1.165) is 24.1 Å². The Bertz CT molecular complexity index is 297. The lowest BCUT2D eigenvalue weighted by molar-refractivity contribution is 0.441. The normalized spacial score (nSPS) is 13.1. The van der Waals surface area contributed by atoms with Crippen LogP contribution in [-0.4, -0.2) is 18.1 Å². The molecule has 0 spiro atoms. The molecule has 0 aliphatic carbocycles. The second-order valence-electron chi connectivity index (χ2n) is 4.39. The Morgan fingerprint density at radius 3 is 2.73 bits per heavy atom. The van der Waals surface area contributed by atoms with E-state index in [2.05, 4.69) is 24.1 Å². The maximum atomic E-state index is 5.89. The van der Waals surface area contributed by atoms with Crippen molar-refractivity contribution in [2.75, 3.05) is 12.8 Å². The summed E-state index contributed by atoms with van der Waals surface area (Å²) in [5.41, 5.74) is 7.86. The zero-order chi connectivity index (χ0) is 11.3. The van der Waals surface area contributed by atoms with Gasteiger partial charge in [-0.25, -0.2) is 0 Å². The van der Waals surface area contributed by atoms with Crippen molar-refractivity contribution in [1.82, 2.24) is 10.3 Å². The summed E-state index contributed by atoms with van der Waals surface area (Å²) in [4.78, 5) is 4.10. The van der Waals surface area contributed by atoms with Crippen LogP contribution in [0.2, 0.25) is 0 Å². The van der Waals surface area contributed by atoms with E-state index in [9.17, 15) is 0 Å². The van der Waals surface area contributed by atoms with Gasteiger partial charge in [-0.1, -0.05) is 13.8 Å². The molecule has 3 heteroatoms. The van der Waals surface area contributed by atoms with Crippen LogP contribution in [0.15, 0.2) is 18.5 Å². The van der Waals surface area contributed by atoms with Gasteiger partial charge in [0.1, 0.15) is 0 Å². The van der Waals surface area contributed by atoms with Gasteiger partial charge in [-0.05, 0) is 37.4 Å². The van der Waals surface area contributed by atoms with E-state index < -0.39 is 0 Å². The van der Waals surface area contributed by atoms with Crippen molar-refractivity contribution >= 4 is 5.69 Å². The Kier molecular flexibility index (Phi) is 4.56. The molecule has 0 aliphatic heterocycles. The molecule has 1 unspecified atom stereocenters. The van der Waals surface area contributed by atoms with Gasteiger partial charge in [0.2, 0.25) is 0 Å². The van der Waals surface area contributed by atoms with Crippen molar-refractivity contribution < 1.29 is 0 Å². The highest BCUT2D eigenvalue weighted by molar-refractivity contribution is 5.44. The Labute approximate surface area is 92.1 Å². The average Bonchev–Trinajstić information content (AvgIpc) is 2.19. The third kappa shape index (κ3) is 3.88. The van der Waals surface area contributed by atoms with Gasteiger partial charge in [0, 0.05) is 24.1 Å². The van der Waals surface area contributed by atoms with Gasteiger partial charge in [0.05, 0.1) is 0 Å². The van der Waals surface area contributed by atoms with Gasteiger partial charge in [0.25, 0.3) is 0 Å². The van der Waals surface area contributed by atoms with Crippen LogP contribution in [0.5, 0.6) is 0 Å². The van der Waals surface area contributed by atoms with Crippen LogP contribution in [0.25, 0.3) is 0 Å². The number of nitrogen functional groups attached to an aromatic ring is 1. The van der Waals surface area contributed by atoms with Crippen molar-refractivity contribution in [3.63, 3.8) is 0 Å². The van der Waals surface area contributed by atoms with Gasteiger partial charge in [0.15, 0.2) is 0 Å². The molecule has 1 aromatic heterocycles. The van der Waals surface area contributed by atoms with Crippen molar-refractivity contribution in [2.24, 2.45) is 5.92 Å². The van der Waals surface area contributed by atoms with E-state index in [1.54, 1.807) is 6.20 Å². The van der Waals surface area contributed by atoms with E-state index in [4.69, 9.17) is 5.73 Å². The maximum Gasteiger partial charge on any atom is 0.0378 e. The molecule has 0 aliphatic rings. The largest absolute Gasteiger partial charge is 0.398 e. The number of pyridine rings is 1. The number of aromatic nitrogens is 1. The SMILES string of the molecule is CNC(Cc1cnccc1N)CC(C)C. The van der Waals surface area contributed by atoms with Crippen LogP contribution in [-0.2, 0) is 6.42 Å². The highest BCUT2D eigenvalue weighted by atomic mass is 14.9. The molecule has 1 rings (SSSR count). The zero-order valence-electron chi connectivity index (χ0n) is 9.83. The molecule has 0 fully saturated rings. The van der Waals surface area contributed by atoms with E-state index in [1.165, 1.54) is 0 Å². The zero-order valence-corrected chi connectivity index (χ0v) is 9.83. The van der Waals surface area contributed by atoms with Gasteiger partial charge >= 0.3 is 0 Å². The highest BCUT2D eigenvalue weighted by Crippen LogP contribution is 2.14. The molecule has 84 valence electrons.